The van der Waals surface area contributed by atoms with Gasteiger partial charge in [0.25, 0.3) is 0 Å². The third-order valence-electron chi connectivity index (χ3n) is 2.90. The lowest BCUT2D eigenvalue weighted by Crippen LogP contribution is -2.15. The van der Waals surface area contributed by atoms with Crippen molar-refractivity contribution in [1.82, 2.24) is 9.38 Å². The van der Waals surface area contributed by atoms with Gasteiger partial charge in [0.05, 0.1) is 23.6 Å². The van der Waals surface area contributed by atoms with Gasteiger partial charge in [-0.05, 0) is 12.1 Å². The van der Waals surface area contributed by atoms with E-state index in [4.69, 9.17) is 0 Å². The molecule has 2 heterocycles. The average molecular weight is 272 g/mol. The van der Waals surface area contributed by atoms with E-state index in [-0.39, 0.29) is 12.0 Å². The Bertz CT molecular complexity index is 609. The van der Waals surface area contributed by atoms with Crippen molar-refractivity contribution in [3.63, 3.8) is 0 Å². The smallest absolute Gasteiger partial charge is 0.390 e. The molecule has 2 aromatic rings. The molecule has 0 aliphatic carbocycles. The van der Waals surface area contributed by atoms with E-state index in [2.05, 4.69) is 4.98 Å². The minimum Gasteiger partial charge on any atom is -0.390 e. The summed E-state index contributed by atoms with van der Waals surface area (Å²) in [6.07, 6.45) is -3.43. The van der Waals surface area contributed by atoms with E-state index in [9.17, 15) is 18.3 Å². The number of rotatable bonds is 1. The lowest BCUT2D eigenvalue weighted by Gasteiger charge is -2.17. The molecule has 0 amide bonds. The van der Waals surface area contributed by atoms with Crippen LogP contribution in [0.3, 0.4) is 0 Å². The van der Waals surface area contributed by atoms with Crippen LogP contribution >= 0.6 is 0 Å². The van der Waals surface area contributed by atoms with E-state index in [0.717, 1.165) is 12.3 Å². The van der Waals surface area contributed by atoms with Gasteiger partial charge in [-0.2, -0.15) is 13.2 Å². The number of nitrogens with zero attached hydrogens (tertiary/aromatic N) is 2. The van der Waals surface area contributed by atoms with Crippen LogP contribution < -0.4 is 0 Å². The van der Waals surface area contributed by atoms with Gasteiger partial charge in [0.15, 0.2) is 0 Å². The Labute approximate surface area is 108 Å². The number of hydrogen-bond acceptors (Lipinski definition) is 2. The summed E-state index contributed by atoms with van der Waals surface area (Å²) in [6.45, 7) is 5.35. The van der Waals surface area contributed by atoms with E-state index in [0.29, 0.717) is 17.0 Å². The molecule has 2 rings (SSSR count). The highest BCUT2D eigenvalue weighted by molar-refractivity contribution is 5.46. The van der Waals surface area contributed by atoms with Crippen molar-refractivity contribution in [2.75, 3.05) is 0 Å². The summed E-state index contributed by atoms with van der Waals surface area (Å²) in [6, 6.07) is 2.31. The van der Waals surface area contributed by atoms with Gasteiger partial charge in [-0.15, -0.1) is 0 Å². The molecule has 104 valence electrons. The number of aliphatic hydroxyl groups is 1. The molecule has 1 N–H and O–H groups in total. The summed E-state index contributed by atoms with van der Waals surface area (Å²) >= 11 is 0. The summed E-state index contributed by atoms with van der Waals surface area (Å²) < 4.78 is 39.4. The predicted molar refractivity (Wildman–Crippen MR) is 64.8 cm³/mol. The number of halogens is 3. The van der Waals surface area contributed by atoms with Gasteiger partial charge < -0.3 is 9.51 Å². The largest absolute Gasteiger partial charge is 0.417 e. The summed E-state index contributed by atoms with van der Waals surface area (Å²) in [7, 11) is 0. The van der Waals surface area contributed by atoms with Crippen molar-refractivity contribution in [3.8, 4) is 0 Å². The number of pyridine rings is 1. The van der Waals surface area contributed by atoms with Gasteiger partial charge in [-0.3, -0.25) is 0 Å². The number of imidazole rings is 1. The fourth-order valence-electron chi connectivity index (χ4n) is 2.01. The lowest BCUT2D eigenvalue weighted by atomic mass is 9.91. The molecule has 0 aliphatic rings. The molecule has 2 aromatic heterocycles. The van der Waals surface area contributed by atoms with Crippen LogP contribution in [-0.4, -0.2) is 14.5 Å². The molecule has 0 radical (unpaired) electrons. The Morgan fingerprint density at radius 3 is 2.32 bits per heavy atom. The molecule has 0 saturated carbocycles. The molecule has 0 aliphatic heterocycles. The third-order valence-corrected chi connectivity index (χ3v) is 2.90. The van der Waals surface area contributed by atoms with Crippen molar-refractivity contribution in [3.05, 3.63) is 35.3 Å². The van der Waals surface area contributed by atoms with Crippen LogP contribution in [0.4, 0.5) is 13.2 Å². The lowest BCUT2D eigenvalue weighted by molar-refractivity contribution is -0.137. The van der Waals surface area contributed by atoms with Gasteiger partial charge >= 0.3 is 6.18 Å². The minimum absolute atomic E-state index is 0.345. The quantitative estimate of drug-likeness (QED) is 0.866. The van der Waals surface area contributed by atoms with E-state index in [1.165, 1.54) is 10.5 Å². The van der Waals surface area contributed by atoms with E-state index in [1.807, 2.05) is 20.8 Å². The second-order valence-corrected chi connectivity index (χ2v) is 5.46. The second kappa shape index (κ2) is 4.23. The monoisotopic (exact) mass is 272 g/mol. The summed E-state index contributed by atoms with van der Waals surface area (Å²) in [4.78, 5) is 4.31. The molecule has 19 heavy (non-hydrogen) atoms. The SMILES string of the molecule is CC(C)(C)c1nc2ccc(C(F)(F)F)cn2c1CO. The van der Waals surface area contributed by atoms with Crippen molar-refractivity contribution >= 4 is 5.65 Å². The molecular formula is C13H15F3N2O. The summed E-state index contributed by atoms with van der Waals surface area (Å²) in [5, 5.41) is 9.42. The molecule has 0 bridgehead atoms. The van der Waals surface area contributed by atoms with E-state index in [1.54, 1.807) is 0 Å². The number of aromatic nitrogens is 2. The molecule has 0 atom stereocenters. The molecule has 3 nitrogen and oxygen atoms in total. The highest BCUT2D eigenvalue weighted by atomic mass is 19.4. The van der Waals surface area contributed by atoms with Crippen molar-refractivity contribution < 1.29 is 18.3 Å². The minimum atomic E-state index is -4.41. The van der Waals surface area contributed by atoms with Crippen LogP contribution in [0.25, 0.3) is 5.65 Å². The van der Waals surface area contributed by atoms with Gasteiger partial charge in [0.2, 0.25) is 0 Å². The van der Waals surface area contributed by atoms with Crippen LogP contribution in [0.15, 0.2) is 18.3 Å². The van der Waals surface area contributed by atoms with Crippen LogP contribution in [-0.2, 0) is 18.2 Å². The highest BCUT2D eigenvalue weighted by Crippen LogP contribution is 2.31. The molecule has 6 heteroatoms. The Kier molecular flexibility index (Phi) is 3.09. The van der Waals surface area contributed by atoms with Crippen LogP contribution in [0.2, 0.25) is 0 Å². The highest BCUT2D eigenvalue weighted by Gasteiger charge is 2.32. The second-order valence-electron chi connectivity index (χ2n) is 5.46. The van der Waals surface area contributed by atoms with Crippen molar-refractivity contribution in [1.29, 1.82) is 0 Å². The van der Waals surface area contributed by atoms with Gasteiger partial charge in [-0.1, -0.05) is 20.8 Å². The number of alkyl halides is 3. The molecule has 0 saturated heterocycles. The Morgan fingerprint density at radius 2 is 1.84 bits per heavy atom. The third kappa shape index (κ3) is 2.45. The summed E-state index contributed by atoms with van der Waals surface area (Å²) in [5.74, 6) is 0. The maximum absolute atomic E-state index is 12.7. The first-order chi connectivity index (χ1) is 8.64. The predicted octanol–water partition coefficient (Wildman–Crippen LogP) is 3.14. The van der Waals surface area contributed by atoms with Crippen LogP contribution in [0.5, 0.6) is 0 Å². The first-order valence-electron chi connectivity index (χ1n) is 5.84. The van der Waals surface area contributed by atoms with Gasteiger partial charge in [-0.25, -0.2) is 4.98 Å². The zero-order chi connectivity index (χ0) is 14.4. The van der Waals surface area contributed by atoms with Gasteiger partial charge in [0.1, 0.15) is 5.65 Å². The number of fused-ring (bicyclic) bond motifs is 1. The Balaban J connectivity index is 2.72. The van der Waals surface area contributed by atoms with Crippen molar-refractivity contribution in [2.45, 2.75) is 39.0 Å². The molecular weight excluding hydrogens is 257 g/mol. The zero-order valence-electron chi connectivity index (χ0n) is 10.9. The molecule has 0 unspecified atom stereocenters. The number of hydrogen-bond donors (Lipinski definition) is 1. The van der Waals surface area contributed by atoms with Crippen molar-refractivity contribution in [2.24, 2.45) is 0 Å². The molecule has 0 aromatic carbocycles. The van der Waals surface area contributed by atoms with E-state index >= 15 is 0 Å². The normalized spacial score (nSPS) is 13.2. The van der Waals surface area contributed by atoms with E-state index < -0.39 is 11.7 Å². The zero-order valence-corrected chi connectivity index (χ0v) is 10.9. The Hall–Kier alpha value is -1.56. The fraction of sp³-hybridized carbons (Fsp3) is 0.462. The standard InChI is InChI=1S/C13H15F3N2O/c1-12(2,3)11-9(7-19)18-6-8(13(14,15)16)4-5-10(18)17-11/h4-6,19H,7H2,1-3H3. The van der Waals surface area contributed by atoms with Gasteiger partial charge in [0, 0.05) is 11.6 Å². The molecule has 0 spiro atoms. The Morgan fingerprint density at radius 1 is 1.21 bits per heavy atom. The number of aliphatic hydroxyl groups excluding tert-OH is 1. The van der Waals surface area contributed by atoms with Crippen LogP contribution in [0, 0.1) is 0 Å². The average Bonchev–Trinajstić information content (AvgIpc) is 2.64. The first-order valence-corrected chi connectivity index (χ1v) is 5.84. The topological polar surface area (TPSA) is 37.5 Å². The maximum atomic E-state index is 12.7. The maximum Gasteiger partial charge on any atom is 0.417 e. The summed E-state index contributed by atoms with van der Waals surface area (Å²) in [5.41, 5.74) is 0.306. The first kappa shape index (κ1) is 13.9. The molecule has 0 fully saturated rings. The van der Waals surface area contributed by atoms with Crippen LogP contribution in [0.1, 0.15) is 37.7 Å². The fourth-order valence-corrected chi connectivity index (χ4v) is 2.01.